The topological polar surface area (TPSA) is 45.1 Å². The van der Waals surface area contributed by atoms with Crippen LogP contribution in [0.1, 0.15) is 25.7 Å². The maximum atomic E-state index is 9.53. The van der Waals surface area contributed by atoms with Crippen molar-refractivity contribution < 1.29 is 5.11 Å². The Hall–Kier alpha value is -1.61. The van der Waals surface area contributed by atoms with Gasteiger partial charge in [0.25, 0.3) is 0 Å². The molecule has 0 radical (unpaired) electrons. The van der Waals surface area contributed by atoms with Gasteiger partial charge in [-0.3, -0.25) is 4.98 Å². The average Bonchev–Trinajstić information content (AvgIpc) is 2.42. The van der Waals surface area contributed by atoms with Crippen molar-refractivity contribution in [3.8, 4) is 0 Å². The Morgan fingerprint density at radius 3 is 2.78 bits per heavy atom. The summed E-state index contributed by atoms with van der Waals surface area (Å²) in [6, 6.07) is 8.79. The number of nitrogens with one attached hydrogen (secondary N) is 1. The third-order valence-corrected chi connectivity index (χ3v) is 3.74. The second kappa shape index (κ2) is 4.94. The van der Waals surface area contributed by atoms with Crippen LogP contribution in [-0.4, -0.2) is 22.2 Å². The van der Waals surface area contributed by atoms with Crippen molar-refractivity contribution in [1.82, 2.24) is 4.98 Å². The van der Waals surface area contributed by atoms with Gasteiger partial charge in [0, 0.05) is 29.5 Å². The molecule has 2 N–H and O–H groups in total. The van der Waals surface area contributed by atoms with Crippen LogP contribution >= 0.6 is 0 Å². The number of aliphatic hydroxyl groups excluding tert-OH is 1. The van der Waals surface area contributed by atoms with Crippen molar-refractivity contribution in [2.75, 3.05) is 5.32 Å². The molecule has 0 atom stereocenters. The first-order valence-corrected chi connectivity index (χ1v) is 6.60. The summed E-state index contributed by atoms with van der Waals surface area (Å²) < 4.78 is 0. The van der Waals surface area contributed by atoms with Gasteiger partial charge in [0.1, 0.15) is 0 Å². The molecule has 2 aromatic rings. The van der Waals surface area contributed by atoms with Gasteiger partial charge < -0.3 is 10.4 Å². The van der Waals surface area contributed by atoms with Crippen molar-refractivity contribution in [3.05, 3.63) is 36.7 Å². The zero-order valence-corrected chi connectivity index (χ0v) is 10.3. The SMILES string of the molecule is OC1CCC(Nc2cccc3ccncc23)CC1. The van der Waals surface area contributed by atoms with Crippen LogP contribution < -0.4 is 5.32 Å². The molecule has 1 aromatic carbocycles. The summed E-state index contributed by atoms with van der Waals surface area (Å²) >= 11 is 0. The fraction of sp³-hybridized carbons (Fsp3) is 0.400. The van der Waals surface area contributed by atoms with Crippen molar-refractivity contribution >= 4 is 16.5 Å². The highest BCUT2D eigenvalue weighted by Crippen LogP contribution is 2.26. The first kappa shape index (κ1) is 11.5. The Balaban J connectivity index is 1.82. The Kier molecular flexibility index (Phi) is 3.15. The van der Waals surface area contributed by atoms with Crippen LogP contribution in [0.2, 0.25) is 0 Å². The quantitative estimate of drug-likeness (QED) is 0.851. The molecule has 0 bridgehead atoms. The van der Waals surface area contributed by atoms with Crippen LogP contribution in [0, 0.1) is 0 Å². The van der Waals surface area contributed by atoms with E-state index in [0.717, 1.165) is 31.4 Å². The van der Waals surface area contributed by atoms with Crippen molar-refractivity contribution in [2.24, 2.45) is 0 Å². The normalized spacial score (nSPS) is 24.1. The molecule has 0 amide bonds. The lowest BCUT2D eigenvalue weighted by Crippen LogP contribution is -2.28. The summed E-state index contributed by atoms with van der Waals surface area (Å²) in [6.45, 7) is 0. The molecule has 0 aliphatic heterocycles. The highest BCUT2D eigenvalue weighted by atomic mass is 16.3. The summed E-state index contributed by atoms with van der Waals surface area (Å²) in [7, 11) is 0. The fourth-order valence-corrected chi connectivity index (χ4v) is 2.68. The minimum atomic E-state index is -0.0998. The summed E-state index contributed by atoms with van der Waals surface area (Å²) in [4.78, 5) is 4.20. The Bertz CT molecular complexity index is 528. The van der Waals surface area contributed by atoms with E-state index in [0.29, 0.717) is 6.04 Å². The van der Waals surface area contributed by atoms with Gasteiger partial charge in [-0.1, -0.05) is 12.1 Å². The molecule has 94 valence electrons. The van der Waals surface area contributed by atoms with E-state index >= 15 is 0 Å². The Morgan fingerprint density at radius 2 is 1.94 bits per heavy atom. The number of rotatable bonds is 2. The highest BCUT2D eigenvalue weighted by molar-refractivity contribution is 5.93. The van der Waals surface area contributed by atoms with Gasteiger partial charge in [-0.05, 0) is 43.2 Å². The second-order valence-electron chi connectivity index (χ2n) is 5.05. The van der Waals surface area contributed by atoms with E-state index in [1.165, 1.54) is 10.8 Å². The average molecular weight is 242 g/mol. The molecule has 1 fully saturated rings. The van der Waals surface area contributed by atoms with Gasteiger partial charge in [-0.2, -0.15) is 0 Å². The van der Waals surface area contributed by atoms with E-state index in [1.807, 2.05) is 18.5 Å². The number of pyridine rings is 1. The molecule has 1 heterocycles. The van der Waals surface area contributed by atoms with E-state index in [9.17, 15) is 5.11 Å². The van der Waals surface area contributed by atoms with Gasteiger partial charge >= 0.3 is 0 Å². The first-order chi connectivity index (χ1) is 8.83. The lowest BCUT2D eigenvalue weighted by atomic mass is 9.93. The predicted molar refractivity (Wildman–Crippen MR) is 73.6 cm³/mol. The van der Waals surface area contributed by atoms with Crippen LogP contribution in [0.15, 0.2) is 36.7 Å². The number of aliphatic hydroxyl groups is 1. The van der Waals surface area contributed by atoms with Gasteiger partial charge in [0.05, 0.1) is 6.10 Å². The lowest BCUT2D eigenvalue weighted by Gasteiger charge is -2.27. The molecule has 3 heteroatoms. The first-order valence-electron chi connectivity index (χ1n) is 6.60. The molecule has 1 aliphatic carbocycles. The molecule has 0 saturated heterocycles. The number of benzene rings is 1. The van der Waals surface area contributed by atoms with E-state index in [-0.39, 0.29) is 6.10 Å². The zero-order chi connectivity index (χ0) is 12.4. The minimum Gasteiger partial charge on any atom is -0.393 e. The molecule has 1 saturated carbocycles. The maximum absolute atomic E-state index is 9.53. The summed E-state index contributed by atoms with van der Waals surface area (Å²) in [5, 5.41) is 15.5. The van der Waals surface area contributed by atoms with Crippen LogP contribution in [0.3, 0.4) is 0 Å². The van der Waals surface area contributed by atoms with Crippen molar-refractivity contribution in [3.63, 3.8) is 0 Å². The standard InChI is InChI=1S/C15H18N2O/c18-13-6-4-12(5-7-13)17-15-3-1-2-11-8-9-16-10-14(11)15/h1-3,8-10,12-13,17-18H,4-7H2. The molecule has 1 aromatic heterocycles. The number of aromatic nitrogens is 1. The summed E-state index contributed by atoms with van der Waals surface area (Å²) in [5.74, 6) is 0. The molecule has 0 spiro atoms. The van der Waals surface area contributed by atoms with Crippen molar-refractivity contribution in [1.29, 1.82) is 0 Å². The van der Waals surface area contributed by atoms with Crippen LogP contribution in [0.25, 0.3) is 10.8 Å². The molecular weight excluding hydrogens is 224 g/mol. The lowest BCUT2D eigenvalue weighted by molar-refractivity contribution is 0.126. The number of nitrogens with zero attached hydrogens (tertiary/aromatic N) is 1. The van der Waals surface area contributed by atoms with Crippen LogP contribution in [0.5, 0.6) is 0 Å². The van der Waals surface area contributed by atoms with Crippen LogP contribution in [-0.2, 0) is 0 Å². The molecule has 18 heavy (non-hydrogen) atoms. The summed E-state index contributed by atoms with van der Waals surface area (Å²) in [6.07, 6.45) is 7.52. The number of fused-ring (bicyclic) bond motifs is 1. The van der Waals surface area contributed by atoms with Gasteiger partial charge in [-0.15, -0.1) is 0 Å². The predicted octanol–water partition coefficient (Wildman–Crippen LogP) is 2.95. The van der Waals surface area contributed by atoms with Gasteiger partial charge in [0.2, 0.25) is 0 Å². The van der Waals surface area contributed by atoms with Crippen LogP contribution in [0.4, 0.5) is 5.69 Å². The van der Waals surface area contributed by atoms with Crippen molar-refractivity contribution in [2.45, 2.75) is 37.8 Å². The molecular formula is C15H18N2O. The molecule has 1 aliphatic rings. The summed E-state index contributed by atoms with van der Waals surface area (Å²) in [5.41, 5.74) is 1.15. The Morgan fingerprint density at radius 1 is 1.11 bits per heavy atom. The monoisotopic (exact) mass is 242 g/mol. The smallest absolute Gasteiger partial charge is 0.0541 e. The van der Waals surface area contributed by atoms with E-state index < -0.39 is 0 Å². The van der Waals surface area contributed by atoms with E-state index in [4.69, 9.17) is 0 Å². The van der Waals surface area contributed by atoms with E-state index in [2.05, 4.69) is 28.5 Å². The largest absolute Gasteiger partial charge is 0.393 e. The van der Waals surface area contributed by atoms with Gasteiger partial charge in [-0.25, -0.2) is 0 Å². The third-order valence-electron chi connectivity index (χ3n) is 3.74. The molecule has 3 nitrogen and oxygen atoms in total. The Labute approximate surface area is 107 Å². The fourth-order valence-electron chi connectivity index (χ4n) is 2.68. The maximum Gasteiger partial charge on any atom is 0.0541 e. The number of hydrogen-bond acceptors (Lipinski definition) is 3. The third kappa shape index (κ3) is 2.31. The molecule has 0 unspecified atom stereocenters. The number of anilines is 1. The van der Waals surface area contributed by atoms with Gasteiger partial charge in [0.15, 0.2) is 0 Å². The van der Waals surface area contributed by atoms with E-state index in [1.54, 1.807) is 0 Å². The second-order valence-corrected chi connectivity index (χ2v) is 5.05. The zero-order valence-electron chi connectivity index (χ0n) is 10.3. The number of hydrogen-bond donors (Lipinski definition) is 2. The highest BCUT2D eigenvalue weighted by Gasteiger charge is 2.19. The minimum absolute atomic E-state index is 0.0998. The molecule has 3 rings (SSSR count).